The van der Waals surface area contributed by atoms with Gasteiger partial charge in [-0.1, -0.05) is 83.5 Å². The lowest BCUT2D eigenvalue weighted by Crippen LogP contribution is -2.43. The van der Waals surface area contributed by atoms with Gasteiger partial charge in [0.25, 0.3) is 0 Å². The molecule has 1 atom stereocenters. The summed E-state index contributed by atoms with van der Waals surface area (Å²) in [7, 11) is 0. The molecule has 0 fully saturated rings. The Kier molecular flexibility index (Phi) is 10.1. The maximum Gasteiger partial charge on any atom is 0.237 e. The van der Waals surface area contributed by atoms with Crippen LogP contribution < -0.4 is 0 Å². The fourth-order valence-corrected chi connectivity index (χ4v) is 4.78. The molecule has 0 radical (unpaired) electrons. The zero-order chi connectivity index (χ0) is 26.1. The molecule has 0 unspecified atom stereocenters. The van der Waals surface area contributed by atoms with E-state index in [-0.39, 0.29) is 17.4 Å². The van der Waals surface area contributed by atoms with Crippen LogP contribution in [-0.2, 0) is 23.2 Å². The standard InChI is InChI=1S/C31H45N3O2/c1-6-10-27(35)22-33(18-7-2)23-30(36)34(21-24-13-15-26(16-14-24)31(3,4)5)19-17-25-20-32-29-12-9-8-11-28(25)29/h8-9,11-16,20,27,32,35H,6-7,10,17-19,21-23H2,1-5H3/t27-/m1/s1. The van der Waals surface area contributed by atoms with E-state index in [9.17, 15) is 9.90 Å². The lowest BCUT2D eigenvalue weighted by molar-refractivity contribution is -0.133. The van der Waals surface area contributed by atoms with Gasteiger partial charge in [0.1, 0.15) is 0 Å². The minimum absolute atomic E-state index is 0.101. The number of para-hydroxylation sites is 1. The van der Waals surface area contributed by atoms with Gasteiger partial charge in [-0.2, -0.15) is 0 Å². The third-order valence-electron chi connectivity index (χ3n) is 6.86. The van der Waals surface area contributed by atoms with E-state index < -0.39 is 0 Å². The molecule has 5 nitrogen and oxygen atoms in total. The van der Waals surface area contributed by atoms with Crippen LogP contribution in [0.1, 0.15) is 70.6 Å². The number of carbonyl (C=O) groups is 1. The summed E-state index contributed by atoms with van der Waals surface area (Å²) >= 11 is 0. The Bertz CT molecular complexity index is 1080. The molecule has 3 aromatic rings. The van der Waals surface area contributed by atoms with E-state index >= 15 is 0 Å². The van der Waals surface area contributed by atoms with Gasteiger partial charge in [0.05, 0.1) is 12.6 Å². The van der Waals surface area contributed by atoms with Crippen LogP contribution in [0.25, 0.3) is 10.9 Å². The zero-order valence-electron chi connectivity index (χ0n) is 22.9. The van der Waals surface area contributed by atoms with Crippen molar-refractivity contribution in [2.75, 3.05) is 26.2 Å². The highest BCUT2D eigenvalue weighted by atomic mass is 16.3. The SMILES string of the molecule is CCC[C@@H](O)CN(CCC)CC(=O)N(CCc1c[nH]c2ccccc12)Cc1ccc(C(C)(C)C)cc1. The van der Waals surface area contributed by atoms with E-state index in [2.05, 4.69) is 93.2 Å². The van der Waals surface area contributed by atoms with Gasteiger partial charge >= 0.3 is 0 Å². The number of benzene rings is 2. The lowest BCUT2D eigenvalue weighted by atomic mass is 9.87. The van der Waals surface area contributed by atoms with Gasteiger partial charge in [-0.15, -0.1) is 0 Å². The maximum atomic E-state index is 13.6. The molecule has 196 valence electrons. The van der Waals surface area contributed by atoms with Crippen molar-refractivity contribution < 1.29 is 9.90 Å². The average molecular weight is 492 g/mol. The number of rotatable bonds is 13. The summed E-state index contributed by atoms with van der Waals surface area (Å²) in [6, 6.07) is 17.0. The summed E-state index contributed by atoms with van der Waals surface area (Å²) in [4.78, 5) is 21.1. The average Bonchev–Trinajstić information content (AvgIpc) is 3.25. The van der Waals surface area contributed by atoms with Crippen LogP contribution in [0.15, 0.2) is 54.7 Å². The molecular weight excluding hydrogens is 446 g/mol. The van der Waals surface area contributed by atoms with Crippen LogP contribution in [0.3, 0.4) is 0 Å². The van der Waals surface area contributed by atoms with E-state index in [1.54, 1.807) is 0 Å². The predicted octanol–water partition coefficient (Wildman–Crippen LogP) is 5.91. The molecule has 5 heteroatoms. The molecule has 0 aliphatic carbocycles. The fraction of sp³-hybridized carbons (Fsp3) is 0.516. The second-order valence-corrected chi connectivity index (χ2v) is 11.0. The number of aromatic nitrogens is 1. The predicted molar refractivity (Wildman–Crippen MR) is 150 cm³/mol. The van der Waals surface area contributed by atoms with Gasteiger partial charge in [0, 0.05) is 36.7 Å². The largest absolute Gasteiger partial charge is 0.392 e. The Morgan fingerprint density at radius 3 is 2.39 bits per heavy atom. The highest BCUT2D eigenvalue weighted by molar-refractivity contribution is 5.83. The van der Waals surface area contributed by atoms with Crippen molar-refractivity contribution in [2.24, 2.45) is 0 Å². The number of carbonyl (C=O) groups excluding carboxylic acids is 1. The van der Waals surface area contributed by atoms with Crippen LogP contribution >= 0.6 is 0 Å². The van der Waals surface area contributed by atoms with Gasteiger partial charge in [0.15, 0.2) is 0 Å². The number of hydrogen-bond donors (Lipinski definition) is 2. The molecular formula is C31H45N3O2. The summed E-state index contributed by atoms with van der Waals surface area (Å²) in [6.07, 6.45) is 5.13. The molecule has 1 aromatic heterocycles. The number of H-pyrrole nitrogens is 1. The third kappa shape index (κ3) is 7.94. The first-order chi connectivity index (χ1) is 17.2. The minimum atomic E-state index is -0.390. The van der Waals surface area contributed by atoms with Crippen molar-refractivity contribution in [3.05, 3.63) is 71.4 Å². The van der Waals surface area contributed by atoms with Crippen molar-refractivity contribution in [1.29, 1.82) is 0 Å². The van der Waals surface area contributed by atoms with Gasteiger partial charge < -0.3 is 15.0 Å². The van der Waals surface area contributed by atoms with Crippen LogP contribution in [-0.4, -0.2) is 58.1 Å². The van der Waals surface area contributed by atoms with E-state index in [0.29, 0.717) is 26.2 Å². The number of aliphatic hydroxyl groups is 1. The molecule has 0 saturated carbocycles. The number of fused-ring (bicyclic) bond motifs is 1. The van der Waals surface area contributed by atoms with Crippen molar-refractivity contribution >= 4 is 16.8 Å². The van der Waals surface area contributed by atoms with E-state index in [4.69, 9.17) is 0 Å². The molecule has 2 aromatic carbocycles. The number of aromatic amines is 1. The number of amides is 1. The summed E-state index contributed by atoms with van der Waals surface area (Å²) < 4.78 is 0. The smallest absolute Gasteiger partial charge is 0.237 e. The number of aliphatic hydroxyl groups excluding tert-OH is 1. The Hall–Kier alpha value is -2.63. The third-order valence-corrected chi connectivity index (χ3v) is 6.86. The minimum Gasteiger partial charge on any atom is -0.392 e. The number of hydrogen-bond acceptors (Lipinski definition) is 3. The van der Waals surface area contributed by atoms with Crippen molar-refractivity contribution in [3.8, 4) is 0 Å². The summed E-state index contributed by atoms with van der Waals surface area (Å²) in [6.45, 7) is 13.8. The molecule has 0 spiro atoms. The van der Waals surface area contributed by atoms with Crippen molar-refractivity contribution in [3.63, 3.8) is 0 Å². The van der Waals surface area contributed by atoms with Crippen LogP contribution in [0, 0.1) is 0 Å². The molecule has 36 heavy (non-hydrogen) atoms. The van der Waals surface area contributed by atoms with Crippen LogP contribution in [0.2, 0.25) is 0 Å². The highest BCUT2D eigenvalue weighted by Crippen LogP contribution is 2.23. The Balaban J connectivity index is 1.76. The Labute approximate surface area is 217 Å². The number of nitrogens with zero attached hydrogens (tertiary/aromatic N) is 2. The highest BCUT2D eigenvalue weighted by Gasteiger charge is 2.21. The van der Waals surface area contributed by atoms with Gasteiger partial charge in [0.2, 0.25) is 5.91 Å². The molecule has 0 aliphatic rings. The fourth-order valence-electron chi connectivity index (χ4n) is 4.78. The normalized spacial score (nSPS) is 12.9. The summed E-state index contributed by atoms with van der Waals surface area (Å²) in [5.41, 5.74) is 4.89. The van der Waals surface area contributed by atoms with Crippen LogP contribution in [0.5, 0.6) is 0 Å². The second-order valence-electron chi connectivity index (χ2n) is 11.0. The van der Waals surface area contributed by atoms with Gasteiger partial charge in [-0.05, 0) is 54.0 Å². The van der Waals surface area contributed by atoms with E-state index in [0.717, 1.165) is 43.3 Å². The molecule has 0 bridgehead atoms. The monoisotopic (exact) mass is 491 g/mol. The first-order valence-electron chi connectivity index (χ1n) is 13.5. The van der Waals surface area contributed by atoms with Gasteiger partial charge in [-0.3, -0.25) is 9.69 Å². The zero-order valence-corrected chi connectivity index (χ0v) is 22.9. The quantitative estimate of drug-likeness (QED) is 0.312. The number of nitrogens with one attached hydrogen (secondary N) is 1. The van der Waals surface area contributed by atoms with Crippen molar-refractivity contribution in [2.45, 2.75) is 78.4 Å². The first kappa shape index (κ1) is 27.9. The summed E-state index contributed by atoms with van der Waals surface area (Å²) in [5, 5.41) is 11.6. The van der Waals surface area contributed by atoms with Crippen LogP contribution in [0.4, 0.5) is 0 Å². The Morgan fingerprint density at radius 2 is 1.72 bits per heavy atom. The molecule has 1 heterocycles. The van der Waals surface area contributed by atoms with Gasteiger partial charge in [-0.25, -0.2) is 0 Å². The molecule has 3 rings (SSSR count). The molecule has 0 saturated heterocycles. The molecule has 2 N–H and O–H groups in total. The maximum absolute atomic E-state index is 13.6. The van der Waals surface area contributed by atoms with E-state index in [1.807, 2.05) is 11.0 Å². The van der Waals surface area contributed by atoms with E-state index in [1.165, 1.54) is 16.5 Å². The lowest BCUT2D eigenvalue weighted by Gasteiger charge is -2.29. The summed E-state index contributed by atoms with van der Waals surface area (Å²) in [5.74, 6) is 0.117. The Morgan fingerprint density at radius 1 is 1.00 bits per heavy atom. The molecule has 1 amide bonds. The van der Waals surface area contributed by atoms with Crippen molar-refractivity contribution in [1.82, 2.24) is 14.8 Å². The molecule has 0 aliphatic heterocycles. The second kappa shape index (κ2) is 13.1. The topological polar surface area (TPSA) is 59.6 Å². The first-order valence-corrected chi connectivity index (χ1v) is 13.5.